The summed E-state index contributed by atoms with van der Waals surface area (Å²) in [5, 5.41) is 0. The molecular formula is C15H23N5. The van der Waals surface area contributed by atoms with Gasteiger partial charge in [0.2, 0.25) is 0 Å². The van der Waals surface area contributed by atoms with Crippen molar-refractivity contribution < 1.29 is 0 Å². The van der Waals surface area contributed by atoms with E-state index < -0.39 is 0 Å². The highest BCUT2D eigenvalue weighted by atomic mass is 15.0. The highest BCUT2D eigenvalue weighted by Crippen LogP contribution is 2.37. The van der Waals surface area contributed by atoms with Crippen molar-refractivity contribution in [3.05, 3.63) is 12.2 Å². The maximum absolute atomic E-state index is 5.85. The lowest BCUT2D eigenvalue weighted by molar-refractivity contribution is 0.299. The number of nitrogens with zero attached hydrogens (tertiary/aromatic N) is 3. The van der Waals surface area contributed by atoms with E-state index in [1.54, 1.807) is 0 Å². The fourth-order valence-corrected chi connectivity index (χ4v) is 3.27. The van der Waals surface area contributed by atoms with E-state index in [2.05, 4.69) is 26.9 Å². The lowest BCUT2D eigenvalue weighted by atomic mass is 9.79. The van der Waals surface area contributed by atoms with Gasteiger partial charge in [-0.2, -0.15) is 0 Å². The summed E-state index contributed by atoms with van der Waals surface area (Å²) in [4.78, 5) is 16.1. The van der Waals surface area contributed by atoms with Gasteiger partial charge < -0.3 is 10.7 Å². The number of imidazole rings is 1. The number of anilines is 1. The summed E-state index contributed by atoms with van der Waals surface area (Å²) in [6, 6.07) is 0. The molecule has 0 atom stereocenters. The van der Waals surface area contributed by atoms with E-state index in [0.29, 0.717) is 17.4 Å². The molecule has 5 heteroatoms. The van der Waals surface area contributed by atoms with Crippen LogP contribution < -0.4 is 5.73 Å². The summed E-state index contributed by atoms with van der Waals surface area (Å²) in [5.74, 6) is 2.98. The number of nitrogens with one attached hydrogen (secondary N) is 1. The molecule has 2 heterocycles. The first-order valence-corrected chi connectivity index (χ1v) is 7.74. The smallest absolute Gasteiger partial charge is 0.183 e. The molecule has 1 saturated carbocycles. The number of rotatable bonds is 4. The topological polar surface area (TPSA) is 80.5 Å². The molecule has 0 saturated heterocycles. The van der Waals surface area contributed by atoms with E-state index in [1.165, 1.54) is 51.3 Å². The average Bonchev–Trinajstić information content (AvgIpc) is 2.91. The summed E-state index contributed by atoms with van der Waals surface area (Å²) >= 11 is 0. The number of hydrogen-bond donors (Lipinski definition) is 2. The first-order valence-electron chi connectivity index (χ1n) is 7.74. The van der Waals surface area contributed by atoms with Crippen LogP contribution in [0.25, 0.3) is 11.2 Å². The molecular weight excluding hydrogens is 250 g/mol. The minimum atomic E-state index is 0.491. The summed E-state index contributed by atoms with van der Waals surface area (Å²) < 4.78 is 0. The molecule has 5 nitrogen and oxygen atoms in total. The van der Waals surface area contributed by atoms with Crippen molar-refractivity contribution in [3.8, 4) is 0 Å². The van der Waals surface area contributed by atoms with Crippen LogP contribution >= 0.6 is 0 Å². The van der Waals surface area contributed by atoms with E-state index in [-0.39, 0.29) is 0 Å². The SMILES string of the molecule is CCCCC1CCC(c2nc3ncnc(N)c3[nH]2)CC1. The minimum Gasteiger partial charge on any atom is -0.382 e. The predicted molar refractivity (Wildman–Crippen MR) is 80.3 cm³/mol. The summed E-state index contributed by atoms with van der Waals surface area (Å²) in [6.45, 7) is 2.27. The fraction of sp³-hybridized carbons (Fsp3) is 0.667. The second-order valence-electron chi connectivity index (χ2n) is 5.94. The van der Waals surface area contributed by atoms with Gasteiger partial charge >= 0.3 is 0 Å². The minimum absolute atomic E-state index is 0.491. The first kappa shape index (κ1) is 13.3. The Hall–Kier alpha value is -1.65. The third-order valence-corrected chi connectivity index (χ3v) is 4.54. The summed E-state index contributed by atoms with van der Waals surface area (Å²) in [5.41, 5.74) is 7.34. The molecule has 0 aromatic carbocycles. The van der Waals surface area contributed by atoms with Gasteiger partial charge in [0.15, 0.2) is 11.5 Å². The van der Waals surface area contributed by atoms with Crippen molar-refractivity contribution >= 4 is 17.0 Å². The first-order chi connectivity index (χ1) is 9.78. The largest absolute Gasteiger partial charge is 0.382 e. The Bertz CT molecular complexity index is 569. The maximum Gasteiger partial charge on any atom is 0.183 e. The van der Waals surface area contributed by atoms with E-state index in [0.717, 1.165) is 17.3 Å². The third kappa shape index (κ3) is 2.62. The lowest BCUT2D eigenvalue weighted by Gasteiger charge is -2.27. The van der Waals surface area contributed by atoms with Crippen molar-refractivity contribution in [1.82, 2.24) is 19.9 Å². The number of H-pyrrole nitrogens is 1. The predicted octanol–water partition coefficient (Wildman–Crippen LogP) is 3.40. The second kappa shape index (κ2) is 5.77. The zero-order chi connectivity index (χ0) is 13.9. The van der Waals surface area contributed by atoms with Crippen molar-refractivity contribution in [2.24, 2.45) is 5.92 Å². The van der Waals surface area contributed by atoms with Crippen LogP contribution in [-0.2, 0) is 0 Å². The lowest BCUT2D eigenvalue weighted by Crippen LogP contribution is -2.14. The molecule has 2 aromatic rings. The van der Waals surface area contributed by atoms with Crippen molar-refractivity contribution in [2.45, 2.75) is 57.8 Å². The maximum atomic E-state index is 5.85. The molecule has 0 unspecified atom stereocenters. The second-order valence-corrected chi connectivity index (χ2v) is 5.94. The average molecular weight is 273 g/mol. The van der Waals surface area contributed by atoms with Gasteiger partial charge in [0, 0.05) is 5.92 Å². The van der Waals surface area contributed by atoms with Gasteiger partial charge in [-0.15, -0.1) is 0 Å². The van der Waals surface area contributed by atoms with Crippen molar-refractivity contribution in [2.75, 3.05) is 5.73 Å². The Labute approximate surface area is 119 Å². The highest BCUT2D eigenvalue weighted by Gasteiger charge is 2.24. The molecule has 1 aliphatic rings. The van der Waals surface area contributed by atoms with Crippen LogP contribution in [0.4, 0.5) is 5.82 Å². The molecule has 1 aliphatic carbocycles. The summed E-state index contributed by atoms with van der Waals surface area (Å²) in [6.07, 6.45) is 10.6. The quantitative estimate of drug-likeness (QED) is 0.894. The van der Waals surface area contributed by atoms with E-state index in [1.807, 2.05) is 0 Å². The van der Waals surface area contributed by atoms with Crippen LogP contribution in [-0.4, -0.2) is 19.9 Å². The van der Waals surface area contributed by atoms with Crippen LogP contribution in [0.3, 0.4) is 0 Å². The van der Waals surface area contributed by atoms with Crippen molar-refractivity contribution in [3.63, 3.8) is 0 Å². The highest BCUT2D eigenvalue weighted by molar-refractivity contribution is 5.81. The normalized spacial score (nSPS) is 23.2. The number of nitrogens with two attached hydrogens (primary N) is 1. The number of unbranched alkanes of at least 4 members (excludes halogenated alkanes) is 1. The Morgan fingerprint density at radius 1 is 1.25 bits per heavy atom. The Kier molecular flexibility index (Phi) is 3.85. The zero-order valence-electron chi connectivity index (χ0n) is 12.1. The van der Waals surface area contributed by atoms with E-state index >= 15 is 0 Å². The van der Waals surface area contributed by atoms with Gasteiger partial charge in [0.1, 0.15) is 17.7 Å². The Balaban J connectivity index is 1.69. The molecule has 108 valence electrons. The third-order valence-electron chi connectivity index (χ3n) is 4.54. The fourth-order valence-electron chi connectivity index (χ4n) is 3.27. The number of hydrogen-bond acceptors (Lipinski definition) is 4. The van der Waals surface area contributed by atoms with Crippen LogP contribution in [0, 0.1) is 5.92 Å². The standard InChI is InChI=1S/C15H23N5/c1-2-3-4-10-5-7-11(8-6-10)14-19-12-13(16)17-9-18-15(12)20-14/h9-11H,2-8H2,1H3,(H3,16,17,18,19,20). The Morgan fingerprint density at radius 2 is 2.05 bits per heavy atom. The monoisotopic (exact) mass is 273 g/mol. The number of nitrogen functional groups attached to an aromatic ring is 1. The molecule has 1 fully saturated rings. The zero-order valence-corrected chi connectivity index (χ0v) is 12.1. The van der Waals surface area contributed by atoms with Gasteiger partial charge in [0.05, 0.1) is 0 Å². The van der Waals surface area contributed by atoms with Crippen molar-refractivity contribution in [1.29, 1.82) is 0 Å². The van der Waals surface area contributed by atoms with Crippen LogP contribution in [0.2, 0.25) is 0 Å². The van der Waals surface area contributed by atoms with Gasteiger partial charge in [0.25, 0.3) is 0 Å². The van der Waals surface area contributed by atoms with Gasteiger partial charge in [-0.1, -0.05) is 26.2 Å². The molecule has 0 bridgehead atoms. The number of fused-ring (bicyclic) bond motifs is 1. The molecule has 20 heavy (non-hydrogen) atoms. The number of aromatic nitrogens is 4. The van der Waals surface area contributed by atoms with E-state index in [9.17, 15) is 0 Å². The molecule has 2 aromatic heterocycles. The molecule has 0 spiro atoms. The summed E-state index contributed by atoms with van der Waals surface area (Å²) in [7, 11) is 0. The molecule has 0 amide bonds. The molecule has 3 N–H and O–H groups in total. The van der Waals surface area contributed by atoms with Gasteiger partial charge in [-0.05, 0) is 31.6 Å². The molecule has 3 rings (SSSR count). The molecule has 0 aliphatic heterocycles. The van der Waals surface area contributed by atoms with Crippen LogP contribution in [0.1, 0.15) is 63.6 Å². The van der Waals surface area contributed by atoms with Gasteiger partial charge in [-0.3, -0.25) is 0 Å². The van der Waals surface area contributed by atoms with Crippen LogP contribution in [0.15, 0.2) is 6.33 Å². The van der Waals surface area contributed by atoms with E-state index in [4.69, 9.17) is 5.73 Å². The van der Waals surface area contributed by atoms with Crippen LogP contribution in [0.5, 0.6) is 0 Å². The number of aromatic amines is 1. The Morgan fingerprint density at radius 3 is 2.75 bits per heavy atom. The molecule has 0 radical (unpaired) electrons. The van der Waals surface area contributed by atoms with Gasteiger partial charge in [-0.25, -0.2) is 15.0 Å².